The molecule has 0 bridgehead atoms. The van der Waals surface area contributed by atoms with Gasteiger partial charge in [-0.1, -0.05) is 58.1 Å². The molecule has 0 unspecified atom stereocenters. The Bertz CT molecular complexity index is 1110. The molecule has 2 aliphatic rings. The molecule has 0 saturated carbocycles. The van der Waals surface area contributed by atoms with Crippen molar-refractivity contribution >= 4 is 79.0 Å². The van der Waals surface area contributed by atoms with Crippen molar-refractivity contribution in [2.45, 2.75) is 6.92 Å². The Kier molecular flexibility index (Phi) is 5.77. The summed E-state index contributed by atoms with van der Waals surface area (Å²) in [4.78, 5) is 41.6. The zero-order valence-corrected chi connectivity index (χ0v) is 19.0. The molecule has 4 rings (SSSR count). The molecule has 0 N–H and O–H groups in total. The first-order valence-electron chi connectivity index (χ1n) is 9.05. The highest BCUT2D eigenvalue weighted by molar-refractivity contribution is 9.10. The third-order valence-electron chi connectivity index (χ3n) is 4.60. The lowest BCUT2D eigenvalue weighted by Crippen LogP contribution is -2.34. The first-order valence-corrected chi connectivity index (χ1v) is 11.1. The van der Waals surface area contributed by atoms with Crippen LogP contribution in [0.2, 0.25) is 0 Å². The first kappa shape index (κ1) is 20.8. The van der Waals surface area contributed by atoms with Crippen LogP contribution >= 0.6 is 39.9 Å². The van der Waals surface area contributed by atoms with Crippen LogP contribution in [0.15, 0.2) is 57.9 Å². The summed E-state index contributed by atoms with van der Waals surface area (Å²) < 4.78 is 6.22. The summed E-state index contributed by atoms with van der Waals surface area (Å²) in [6, 6.07) is 14.3. The number of esters is 1. The molecule has 0 atom stereocenters. The molecule has 1 saturated heterocycles. The van der Waals surface area contributed by atoms with Crippen molar-refractivity contribution in [1.82, 2.24) is 0 Å². The molecule has 6 nitrogen and oxygen atoms in total. The van der Waals surface area contributed by atoms with Crippen LogP contribution in [0.5, 0.6) is 0 Å². The van der Waals surface area contributed by atoms with Gasteiger partial charge in [0.25, 0.3) is 11.8 Å². The molecule has 0 aliphatic carbocycles. The van der Waals surface area contributed by atoms with Gasteiger partial charge in [0.05, 0.1) is 28.5 Å². The maximum Gasteiger partial charge on any atom is 0.326 e. The molecular weight excluding hydrogens is 488 g/mol. The van der Waals surface area contributed by atoms with E-state index in [2.05, 4.69) is 15.9 Å². The normalized spacial score (nSPS) is 18.3. The van der Waals surface area contributed by atoms with Gasteiger partial charge in [0, 0.05) is 10.0 Å². The van der Waals surface area contributed by atoms with Gasteiger partial charge >= 0.3 is 5.97 Å². The standard InChI is InChI=1S/C21H15BrN2O4S2/c1-2-28-16(25)11-23-15-6-4-3-5-14(15)17(19(23)26)18-20(27)24(21(29)30-18)13-9-7-12(22)8-10-13/h3-10H,2,11H2,1H3/b18-17-. The molecule has 152 valence electrons. The number of hydrogen-bond acceptors (Lipinski definition) is 6. The van der Waals surface area contributed by atoms with E-state index in [0.717, 1.165) is 16.2 Å². The van der Waals surface area contributed by atoms with Crippen LogP contribution in [-0.2, 0) is 19.1 Å². The number of para-hydroxylation sites is 1. The van der Waals surface area contributed by atoms with Gasteiger partial charge in [-0.3, -0.25) is 24.2 Å². The van der Waals surface area contributed by atoms with Gasteiger partial charge in [-0.25, -0.2) is 0 Å². The fourth-order valence-electron chi connectivity index (χ4n) is 3.32. The molecular formula is C21H15BrN2O4S2. The van der Waals surface area contributed by atoms with Crippen molar-refractivity contribution in [1.29, 1.82) is 0 Å². The number of halogens is 1. The predicted octanol–water partition coefficient (Wildman–Crippen LogP) is 4.13. The third-order valence-corrected chi connectivity index (χ3v) is 6.50. The lowest BCUT2D eigenvalue weighted by Gasteiger charge is -2.16. The first-order chi connectivity index (χ1) is 14.4. The number of thiocarbonyl (C=S) groups is 1. The van der Waals surface area contributed by atoms with Crippen LogP contribution in [0.4, 0.5) is 11.4 Å². The van der Waals surface area contributed by atoms with Gasteiger partial charge in [-0.15, -0.1) is 0 Å². The maximum atomic E-state index is 13.3. The number of carbonyl (C=O) groups is 3. The van der Waals surface area contributed by atoms with Crippen LogP contribution < -0.4 is 9.80 Å². The minimum Gasteiger partial charge on any atom is -0.465 e. The van der Waals surface area contributed by atoms with E-state index in [4.69, 9.17) is 17.0 Å². The van der Waals surface area contributed by atoms with Crippen molar-refractivity contribution in [3.63, 3.8) is 0 Å². The van der Waals surface area contributed by atoms with E-state index in [9.17, 15) is 14.4 Å². The lowest BCUT2D eigenvalue weighted by atomic mass is 10.1. The van der Waals surface area contributed by atoms with Crippen molar-refractivity contribution in [2.24, 2.45) is 0 Å². The zero-order chi connectivity index (χ0) is 21.4. The number of thioether (sulfide) groups is 1. The van der Waals surface area contributed by atoms with E-state index in [1.807, 2.05) is 12.1 Å². The number of ether oxygens (including phenoxy) is 1. The number of rotatable bonds is 4. The topological polar surface area (TPSA) is 66.9 Å². The van der Waals surface area contributed by atoms with Crippen molar-refractivity contribution in [2.75, 3.05) is 23.0 Å². The fourth-order valence-corrected chi connectivity index (χ4v) is 4.96. The summed E-state index contributed by atoms with van der Waals surface area (Å²) in [5, 5.41) is 0. The SMILES string of the molecule is CCOC(=O)CN1C(=O)/C(=C2\SC(=S)N(c3ccc(Br)cc3)C2=O)c2ccccc21. The third kappa shape index (κ3) is 3.57. The smallest absolute Gasteiger partial charge is 0.326 e. The van der Waals surface area contributed by atoms with Gasteiger partial charge in [-0.2, -0.15) is 0 Å². The molecule has 9 heteroatoms. The monoisotopic (exact) mass is 502 g/mol. The summed E-state index contributed by atoms with van der Waals surface area (Å²) in [6.45, 7) is 1.71. The number of amides is 2. The Hall–Kier alpha value is -2.49. The molecule has 1 fully saturated rings. The van der Waals surface area contributed by atoms with E-state index in [1.54, 1.807) is 43.3 Å². The number of benzene rings is 2. The summed E-state index contributed by atoms with van der Waals surface area (Å²) in [5.41, 5.74) is 2.05. The highest BCUT2D eigenvalue weighted by Gasteiger charge is 2.43. The Morgan fingerprint density at radius 1 is 1.10 bits per heavy atom. The number of fused-ring (bicyclic) bond motifs is 1. The number of nitrogens with zero attached hydrogens (tertiary/aromatic N) is 2. The van der Waals surface area contributed by atoms with Gasteiger partial charge in [0.2, 0.25) is 0 Å². The van der Waals surface area contributed by atoms with Crippen LogP contribution in [0.3, 0.4) is 0 Å². The molecule has 2 aliphatic heterocycles. The van der Waals surface area contributed by atoms with Crippen molar-refractivity contribution < 1.29 is 19.1 Å². The van der Waals surface area contributed by atoms with Crippen LogP contribution in [-0.4, -0.2) is 35.3 Å². The van der Waals surface area contributed by atoms with Crippen LogP contribution in [0.25, 0.3) is 5.57 Å². The molecule has 0 aromatic heterocycles. The van der Waals surface area contributed by atoms with Crippen molar-refractivity contribution in [3.05, 3.63) is 63.5 Å². The van der Waals surface area contributed by atoms with Crippen LogP contribution in [0.1, 0.15) is 12.5 Å². The highest BCUT2D eigenvalue weighted by atomic mass is 79.9. The second-order valence-corrected chi connectivity index (χ2v) is 8.96. The van der Waals surface area contributed by atoms with E-state index >= 15 is 0 Å². The van der Waals surface area contributed by atoms with E-state index < -0.39 is 11.9 Å². The maximum absolute atomic E-state index is 13.3. The Labute approximate surface area is 191 Å². The van der Waals surface area contributed by atoms with E-state index in [-0.39, 0.29) is 29.5 Å². The molecule has 2 heterocycles. The molecule has 0 radical (unpaired) electrons. The number of anilines is 2. The Balaban J connectivity index is 1.76. The second kappa shape index (κ2) is 8.33. The number of carbonyl (C=O) groups excluding carboxylic acids is 3. The summed E-state index contributed by atoms with van der Waals surface area (Å²) in [5.74, 6) is -1.28. The summed E-state index contributed by atoms with van der Waals surface area (Å²) in [7, 11) is 0. The predicted molar refractivity (Wildman–Crippen MR) is 124 cm³/mol. The van der Waals surface area contributed by atoms with Gasteiger partial charge in [0.15, 0.2) is 4.32 Å². The van der Waals surface area contributed by atoms with Crippen LogP contribution in [0, 0.1) is 0 Å². The van der Waals surface area contributed by atoms with Gasteiger partial charge in [-0.05, 0) is 37.3 Å². The lowest BCUT2D eigenvalue weighted by molar-refractivity contribution is -0.142. The van der Waals surface area contributed by atoms with Crippen molar-refractivity contribution in [3.8, 4) is 0 Å². The quantitative estimate of drug-likeness (QED) is 0.355. The molecule has 2 aromatic carbocycles. The molecule has 2 aromatic rings. The number of hydrogen-bond donors (Lipinski definition) is 0. The molecule has 2 amide bonds. The minimum absolute atomic E-state index is 0.222. The molecule has 30 heavy (non-hydrogen) atoms. The zero-order valence-electron chi connectivity index (χ0n) is 15.8. The molecule has 0 spiro atoms. The average Bonchev–Trinajstić information content (AvgIpc) is 3.16. The highest BCUT2D eigenvalue weighted by Crippen LogP contribution is 2.45. The fraction of sp³-hybridized carbons (Fsp3) is 0.143. The second-order valence-electron chi connectivity index (χ2n) is 6.40. The average molecular weight is 503 g/mol. The largest absolute Gasteiger partial charge is 0.465 e. The summed E-state index contributed by atoms with van der Waals surface area (Å²) in [6.07, 6.45) is 0. The van der Waals surface area contributed by atoms with Gasteiger partial charge in [0.1, 0.15) is 6.54 Å². The van der Waals surface area contributed by atoms with E-state index in [0.29, 0.717) is 21.3 Å². The van der Waals surface area contributed by atoms with E-state index in [1.165, 1.54) is 9.80 Å². The Morgan fingerprint density at radius 3 is 2.50 bits per heavy atom. The minimum atomic E-state index is -0.510. The summed E-state index contributed by atoms with van der Waals surface area (Å²) >= 11 is 9.90. The Morgan fingerprint density at radius 2 is 1.80 bits per heavy atom. The van der Waals surface area contributed by atoms with Gasteiger partial charge < -0.3 is 4.74 Å².